The summed E-state index contributed by atoms with van der Waals surface area (Å²) in [5, 5.41) is 7.56. The maximum atomic E-state index is 12.4. The lowest BCUT2D eigenvalue weighted by molar-refractivity contribution is -0.139. The molecule has 4 nitrogen and oxygen atoms in total. The molecule has 1 aromatic rings. The third kappa shape index (κ3) is 4.69. The molecular weight excluding hydrogens is 320 g/mol. The first-order chi connectivity index (χ1) is 10.3. The molecule has 1 unspecified atom stereocenters. The van der Waals surface area contributed by atoms with Crippen molar-refractivity contribution in [3.63, 3.8) is 0 Å². The van der Waals surface area contributed by atoms with Crippen LogP contribution in [0.5, 0.6) is 0 Å². The van der Waals surface area contributed by atoms with Crippen LogP contribution in [0.2, 0.25) is 0 Å². The molecule has 124 valence electrons. The Hall–Kier alpha value is -0.620. The number of nitrogens with one attached hydrogen (secondary N) is 1. The predicted molar refractivity (Wildman–Crippen MR) is 91.7 cm³/mol. The summed E-state index contributed by atoms with van der Waals surface area (Å²) in [4.78, 5) is 14.4. The van der Waals surface area contributed by atoms with Crippen molar-refractivity contribution >= 4 is 29.7 Å². The fraction of sp³-hybridized carbons (Fsp3) is 0.688. The summed E-state index contributed by atoms with van der Waals surface area (Å²) in [6, 6.07) is 2.10. The largest absolute Gasteiger partial charge is 0.370 e. The molecule has 1 N–H and O–H groups in total. The molecular formula is C16H25ClN2O2S. The average molecular weight is 345 g/mol. The van der Waals surface area contributed by atoms with Gasteiger partial charge in [0.2, 0.25) is 5.91 Å². The molecule has 2 fully saturated rings. The number of morpholine rings is 1. The zero-order valence-electron chi connectivity index (χ0n) is 12.8. The average Bonchev–Trinajstić information content (AvgIpc) is 3.08. The van der Waals surface area contributed by atoms with Gasteiger partial charge in [-0.15, -0.1) is 12.4 Å². The van der Waals surface area contributed by atoms with Crippen LogP contribution in [0.25, 0.3) is 0 Å². The van der Waals surface area contributed by atoms with Crippen LogP contribution >= 0.6 is 23.7 Å². The molecule has 6 heteroatoms. The summed E-state index contributed by atoms with van der Waals surface area (Å²) >= 11 is 1.68. The van der Waals surface area contributed by atoms with Crippen LogP contribution in [0.4, 0.5) is 0 Å². The number of amides is 1. The van der Waals surface area contributed by atoms with Crippen molar-refractivity contribution < 1.29 is 9.53 Å². The Morgan fingerprint density at radius 1 is 1.41 bits per heavy atom. The van der Waals surface area contributed by atoms with E-state index in [9.17, 15) is 4.79 Å². The number of piperidine rings is 1. The number of ether oxygens (including phenoxy) is 1. The van der Waals surface area contributed by atoms with Gasteiger partial charge in [0.05, 0.1) is 13.2 Å². The Kier molecular flexibility index (Phi) is 7.15. The van der Waals surface area contributed by atoms with Crippen LogP contribution in [-0.4, -0.2) is 43.6 Å². The molecule has 0 saturated carbocycles. The van der Waals surface area contributed by atoms with Gasteiger partial charge in [0.25, 0.3) is 0 Å². The Morgan fingerprint density at radius 3 is 2.95 bits per heavy atom. The molecule has 0 aromatic carbocycles. The standard InChI is InChI=1S/C16H24N2O2S.ClH/c19-16(2-1-13-3-6-17-7-4-13)18-8-9-20-15(11-18)14-5-10-21-12-14;/h5,10,12-13,15,17H,1-4,6-9,11H2;1H. The van der Waals surface area contributed by atoms with E-state index in [0.717, 1.165) is 32.0 Å². The predicted octanol–water partition coefficient (Wildman–Crippen LogP) is 2.85. The van der Waals surface area contributed by atoms with Gasteiger partial charge in [0.1, 0.15) is 6.10 Å². The molecule has 0 radical (unpaired) electrons. The first-order valence-electron chi connectivity index (χ1n) is 7.95. The molecule has 0 spiro atoms. The number of halogens is 1. The Bertz CT molecular complexity index is 449. The molecule has 2 aliphatic heterocycles. The SMILES string of the molecule is Cl.O=C(CCC1CCNCC1)N1CCOC(c2ccsc2)C1. The number of thiophene rings is 1. The number of hydrogen-bond acceptors (Lipinski definition) is 4. The summed E-state index contributed by atoms with van der Waals surface area (Å²) in [7, 11) is 0. The van der Waals surface area contributed by atoms with E-state index < -0.39 is 0 Å². The van der Waals surface area contributed by atoms with Gasteiger partial charge in [-0.25, -0.2) is 0 Å². The van der Waals surface area contributed by atoms with E-state index in [4.69, 9.17) is 4.74 Å². The molecule has 22 heavy (non-hydrogen) atoms. The molecule has 2 saturated heterocycles. The highest BCUT2D eigenvalue weighted by Crippen LogP contribution is 2.25. The Morgan fingerprint density at radius 2 is 2.23 bits per heavy atom. The number of nitrogens with zero attached hydrogens (tertiary/aromatic N) is 1. The number of rotatable bonds is 4. The van der Waals surface area contributed by atoms with Gasteiger partial charge in [-0.1, -0.05) is 0 Å². The van der Waals surface area contributed by atoms with Crippen molar-refractivity contribution in [1.29, 1.82) is 0 Å². The highest BCUT2D eigenvalue weighted by molar-refractivity contribution is 7.07. The minimum atomic E-state index is 0. The van der Waals surface area contributed by atoms with Crippen molar-refractivity contribution in [1.82, 2.24) is 10.2 Å². The maximum absolute atomic E-state index is 12.4. The quantitative estimate of drug-likeness (QED) is 0.913. The van der Waals surface area contributed by atoms with E-state index in [1.807, 2.05) is 4.90 Å². The number of carbonyl (C=O) groups excluding carboxylic acids is 1. The van der Waals surface area contributed by atoms with Gasteiger partial charge in [0.15, 0.2) is 0 Å². The highest BCUT2D eigenvalue weighted by atomic mass is 35.5. The van der Waals surface area contributed by atoms with Crippen molar-refractivity contribution in [3.8, 4) is 0 Å². The molecule has 2 aliphatic rings. The molecule has 3 rings (SSSR count). The molecule has 1 atom stereocenters. The molecule has 0 bridgehead atoms. The van der Waals surface area contributed by atoms with Crippen LogP contribution in [-0.2, 0) is 9.53 Å². The fourth-order valence-electron chi connectivity index (χ4n) is 3.19. The first kappa shape index (κ1) is 17.7. The second-order valence-electron chi connectivity index (χ2n) is 5.99. The summed E-state index contributed by atoms with van der Waals surface area (Å²) in [5.41, 5.74) is 1.20. The van der Waals surface area contributed by atoms with Gasteiger partial charge >= 0.3 is 0 Å². The van der Waals surface area contributed by atoms with Gasteiger partial charge in [0, 0.05) is 13.0 Å². The fourth-order valence-corrected chi connectivity index (χ4v) is 3.89. The van der Waals surface area contributed by atoms with Crippen molar-refractivity contribution in [2.24, 2.45) is 5.92 Å². The molecule has 3 heterocycles. The Labute approximate surface area is 142 Å². The third-order valence-electron chi connectivity index (χ3n) is 4.56. The smallest absolute Gasteiger partial charge is 0.222 e. The second kappa shape index (κ2) is 8.87. The second-order valence-corrected chi connectivity index (χ2v) is 6.77. The topological polar surface area (TPSA) is 41.6 Å². The van der Waals surface area contributed by atoms with Gasteiger partial charge in [-0.05, 0) is 60.7 Å². The first-order valence-corrected chi connectivity index (χ1v) is 8.89. The zero-order chi connectivity index (χ0) is 14.5. The summed E-state index contributed by atoms with van der Waals surface area (Å²) < 4.78 is 5.80. The highest BCUT2D eigenvalue weighted by Gasteiger charge is 2.26. The number of carbonyl (C=O) groups is 1. The Balaban J connectivity index is 0.00000176. The summed E-state index contributed by atoms with van der Waals surface area (Å²) in [5.74, 6) is 1.03. The van der Waals surface area contributed by atoms with Crippen molar-refractivity contribution in [2.45, 2.75) is 31.8 Å². The minimum absolute atomic E-state index is 0. The van der Waals surface area contributed by atoms with E-state index >= 15 is 0 Å². The lowest BCUT2D eigenvalue weighted by Gasteiger charge is -2.33. The van der Waals surface area contributed by atoms with Crippen LogP contribution in [0.3, 0.4) is 0 Å². The van der Waals surface area contributed by atoms with Crippen molar-refractivity contribution in [3.05, 3.63) is 22.4 Å². The number of hydrogen-bond donors (Lipinski definition) is 1. The molecule has 1 amide bonds. The third-order valence-corrected chi connectivity index (χ3v) is 5.26. The van der Waals surface area contributed by atoms with Gasteiger partial charge in [-0.2, -0.15) is 11.3 Å². The zero-order valence-corrected chi connectivity index (χ0v) is 14.5. The molecule has 1 aromatic heterocycles. The van der Waals surface area contributed by atoms with E-state index in [0.29, 0.717) is 25.5 Å². The lowest BCUT2D eigenvalue weighted by atomic mass is 9.93. The summed E-state index contributed by atoms with van der Waals surface area (Å²) in [6.45, 7) is 4.32. The van der Waals surface area contributed by atoms with Crippen molar-refractivity contribution in [2.75, 3.05) is 32.8 Å². The van der Waals surface area contributed by atoms with E-state index in [1.165, 1.54) is 18.4 Å². The van der Waals surface area contributed by atoms with Gasteiger partial charge in [-0.3, -0.25) is 4.79 Å². The van der Waals surface area contributed by atoms with Crippen LogP contribution in [0, 0.1) is 5.92 Å². The van der Waals surface area contributed by atoms with E-state index in [2.05, 4.69) is 22.1 Å². The normalized spacial score (nSPS) is 23.1. The van der Waals surface area contributed by atoms with Crippen LogP contribution in [0.1, 0.15) is 37.4 Å². The van der Waals surface area contributed by atoms with Crippen LogP contribution < -0.4 is 5.32 Å². The minimum Gasteiger partial charge on any atom is -0.370 e. The maximum Gasteiger partial charge on any atom is 0.222 e. The van der Waals surface area contributed by atoms with E-state index in [1.54, 1.807) is 11.3 Å². The lowest BCUT2D eigenvalue weighted by Crippen LogP contribution is -2.42. The monoisotopic (exact) mass is 344 g/mol. The molecule has 0 aliphatic carbocycles. The van der Waals surface area contributed by atoms with Gasteiger partial charge < -0.3 is 15.0 Å². The summed E-state index contributed by atoms with van der Waals surface area (Å²) in [6.07, 6.45) is 4.23. The van der Waals surface area contributed by atoms with E-state index in [-0.39, 0.29) is 18.5 Å². The van der Waals surface area contributed by atoms with Crippen LogP contribution in [0.15, 0.2) is 16.8 Å².